The van der Waals surface area contributed by atoms with Gasteiger partial charge in [-0.1, -0.05) is 54.1 Å². The fourth-order valence-corrected chi connectivity index (χ4v) is 3.40. The minimum atomic E-state index is -0.197. The number of carbonyl (C=O) groups is 1. The molecule has 0 saturated heterocycles. The Bertz CT molecular complexity index is 1290. The molecule has 156 valence electrons. The molecule has 0 saturated carbocycles. The van der Waals surface area contributed by atoms with Crippen LogP contribution in [-0.2, 0) is 17.9 Å². The lowest BCUT2D eigenvalue weighted by Crippen LogP contribution is -2.26. The molecule has 0 radical (unpaired) electrons. The van der Waals surface area contributed by atoms with Gasteiger partial charge in [0.05, 0.1) is 19.3 Å². The minimum absolute atomic E-state index is 0.175. The average molecular weight is 434 g/mol. The molecule has 4 rings (SSSR count). The normalized spacial score (nSPS) is 11.3. The number of nitrogens with one attached hydrogen (secondary N) is 1. The van der Waals surface area contributed by atoms with E-state index in [0.29, 0.717) is 35.7 Å². The molecular weight excluding hydrogens is 414 g/mol. The second-order valence-electron chi connectivity index (χ2n) is 6.95. The molecule has 2 aromatic heterocycles. The molecule has 0 bridgehead atoms. The maximum absolute atomic E-state index is 12.8. The third kappa shape index (κ3) is 5.07. The standard InChI is InChI=1S/C23H20ClN5O2/c24-19-8-4-7-18(13-19)15-28-16-26-22-20(23(28)31)14-27-29(22)12-11-25-21(30)10-9-17-5-2-1-3-6-17/h1-10,13-14,16H,11-12,15H2,(H,25,30)/b10-9+. The number of amides is 1. The monoisotopic (exact) mass is 433 g/mol. The van der Waals surface area contributed by atoms with Crippen molar-refractivity contribution in [3.05, 3.63) is 99.7 Å². The zero-order valence-corrected chi connectivity index (χ0v) is 17.4. The highest BCUT2D eigenvalue weighted by atomic mass is 35.5. The number of hydrogen-bond donors (Lipinski definition) is 1. The number of hydrogen-bond acceptors (Lipinski definition) is 4. The SMILES string of the molecule is O=C(/C=C/c1ccccc1)NCCn1ncc2c(=O)n(Cc3cccc(Cl)c3)cnc21. The quantitative estimate of drug-likeness (QED) is 0.454. The molecule has 0 atom stereocenters. The van der Waals surface area contributed by atoms with Gasteiger partial charge in [0.2, 0.25) is 5.91 Å². The molecule has 0 aliphatic carbocycles. The lowest BCUT2D eigenvalue weighted by atomic mass is 10.2. The van der Waals surface area contributed by atoms with Crippen molar-refractivity contribution in [1.82, 2.24) is 24.6 Å². The summed E-state index contributed by atoms with van der Waals surface area (Å²) >= 11 is 6.02. The van der Waals surface area contributed by atoms with Crippen molar-refractivity contribution in [2.24, 2.45) is 0 Å². The highest BCUT2D eigenvalue weighted by Crippen LogP contribution is 2.12. The summed E-state index contributed by atoms with van der Waals surface area (Å²) < 4.78 is 3.14. The molecule has 0 fully saturated rings. The lowest BCUT2D eigenvalue weighted by Gasteiger charge is -2.07. The molecule has 2 aromatic carbocycles. The van der Waals surface area contributed by atoms with Crippen LogP contribution in [0.3, 0.4) is 0 Å². The van der Waals surface area contributed by atoms with Gasteiger partial charge < -0.3 is 5.32 Å². The maximum Gasteiger partial charge on any atom is 0.264 e. The van der Waals surface area contributed by atoms with Crippen molar-refractivity contribution >= 4 is 34.6 Å². The molecule has 1 N–H and O–H groups in total. The van der Waals surface area contributed by atoms with E-state index >= 15 is 0 Å². The molecule has 2 heterocycles. The van der Waals surface area contributed by atoms with Crippen LogP contribution in [0.5, 0.6) is 0 Å². The molecule has 31 heavy (non-hydrogen) atoms. The van der Waals surface area contributed by atoms with E-state index in [0.717, 1.165) is 11.1 Å². The summed E-state index contributed by atoms with van der Waals surface area (Å²) in [7, 11) is 0. The molecule has 0 aliphatic rings. The predicted octanol–water partition coefficient (Wildman–Crippen LogP) is 3.12. The Morgan fingerprint density at radius 2 is 1.97 bits per heavy atom. The van der Waals surface area contributed by atoms with E-state index in [1.165, 1.54) is 23.2 Å². The van der Waals surface area contributed by atoms with Crippen LogP contribution in [0.4, 0.5) is 0 Å². The van der Waals surface area contributed by atoms with E-state index in [1.807, 2.05) is 48.5 Å². The van der Waals surface area contributed by atoms with Crippen molar-refractivity contribution < 1.29 is 4.79 Å². The summed E-state index contributed by atoms with van der Waals surface area (Å²) in [5.41, 5.74) is 2.18. The first-order valence-electron chi connectivity index (χ1n) is 9.76. The van der Waals surface area contributed by atoms with E-state index < -0.39 is 0 Å². The van der Waals surface area contributed by atoms with E-state index in [1.54, 1.807) is 16.8 Å². The topological polar surface area (TPSA) is 81.8 Å². The first-order chi connectivity index (χ1) is 15.1. The van der Waals surface area contributed by atoms with Crippen LogP contribution in [0.25, 0.3) is 17.1 Å². The fourth-order valence-electron chi connectivity index (χ4n) is 3.19. The zero-order chi connectivity index (χ0) is 21.6. The lowest BCUT2D eigenvalue weighted by molar-refractivity contribution is -0.116. The van der Waals surface area contributed by atoms with Crippen molar-refractivity contribution in [1.29, 1.82) is 0 Å². The van der Waals surface area contributed by atoms with Gasteiger partial charge in [0.1, 0.15) is 11.7 Å². The molecule has 7 nitrogen and oxygen atoms in total. The maximum atomic E-state index is 12.8. The van der Waals surface area contributed by atoms with Gasteiger partial charge >= 0.3 is 0 Å². The number of aromatic nitrogens is 4. The number of halogens is 1. The Balaban J connectivity index is 1.40. The van der Waals surface area contributed by atoms with Crippen molar-refractivity contribution in [2.45, 2.75) is 13.1 Å². The molecule has 1 amide bonds. The number of rotatable bonds is 7. The molecule has 8 heteroatoms. The van der Waals surface area contributed by atoms with Gasteiger partial charge in [-0.25, -0.2) is 9.67 Å². The Kier molecular flexibility index (Phi) is 6.24. The van der Waals surface area contributed by atoms with Crippen molar-refractivity contribution in [2.75, 3.05) is 6.54 Å². The third-order valence-corrected chi connectivity index (χ3v) is 4.95. The van der Waals surface area contributed by atoms with E-state index in [9.17, 15) is 9.59 Å². The van der Waals surface area contributed by atoms with Gasteiger partial charge in [-0.2, -0.15) is 5.10 Å². The Morgan fingerprint density at radius 3 is 2.77 bits per heavy atom. The first-order valence-corrected chi connectivity index (χ1v) is 10.1. The Hall–Kier alpha value is -3.71. The summed E-state index contributed by atoms with van der Waals surface area (Å²) in [6.07, 6.45) is 6.26. The van der Waals surface area contributed by atoms with Crippen molar-refractivity contribution in [3.8, 4) is 0 Å². The molecule has 0 spiro atoms. The highest BCUT2D eigenvalue weighted by Gasteiger charge is 2.10. The van der Waals surface area contributed by atoms with Gasteiger partial charge in [-0.05, 0) is 29.3 Å². The van der Waals surface area contributed by atoms with Crippen LogP contribution in [0.2, 0.25) is 5.02 Å². The molecular formula is C23H20ClN5O2. The van der Waals surface area contributed by atoms with E-state index in [4.69, 9.17) is 11.6 Å². The van der Waals surface area contributed by atoms with Gasteiger partial charge in [0.25, 0.3) is 5.56 Å². The summed E-state index contributed by atoms with van der Waals surface area (Å²) in [6.45, 7) is 1.14. The van der Waals surface area contributed by atoms with Crippen LogP contribution in [-0.4, -0.2) is 31.8 Å². The van der Waals surface area contributed by atoms with E-state index in [2.05, 4.69) is 15.4 Å². The van der Waals surface area contributed by atoms with Crippen LogP contribution < -0.4 is 10.9 Å². The smallest absolute Gasteiger partial charge is 0.264 e. The van der Waals surface area contributed by atoms with Crippen LogP contribution in [0, 0.1) is 0 Å². The third-order valence-electron chi connectivity index (χ3n) is 4.71. The molecule has 4 aromatic rings. The van der Waals surface area contributed by atoms with Gasteiger partial charge in [-0.15, -0.1) is 0 Å². The Morgan fingerprint density at radius 1 is 1.13 bits per heavy atom. The average Bonchev–Trinajstić information content (AvgIpc) is 3.19. The predicted molar refractivity (Wildman–Crippen MR) is 121 cm³/mol. The number of carbonyl (C=O) groups excluding carboxylic acids is 1. The first kappa shape index (κ1) is 20.6. The molecule has 0 unspecified atom stereocenters. The summed E-state index contributed by atoms with van der Waals surface area (Å²) in [5.74, 6) is -0.197. The number of nitrogens with zero attached hydrogens (tertiary/aromatic N) is 4. The van der Waals surface area contributed by atoms with Crippen LogP contribution >= 0.6 is 11.6 Å². The largest absolute Gasteiger partial charge is 0.351 e. The Labute approximate surface area is 183 Å². The van der Waals surface area contributed by atoms with E-state index in [-0.39, 0.29) is 11.5 Å². The second kappa shape index (κ2) is 9.40. The van der Waals surface area contributed by atoms with Gasteiger partial charge in [-0.3, -0.25) is 14.2 Å². The van der Waals surface area contributed by atoms with Crippen LogP contribution in [0.15, 0.2) is 78.0 Å². The zero-order valence-electron chi connectivity index (χ0n) is 16.6. The fraction of sp³-hybridized carbons (Fsp3) is 0.130. The highest BCUT2D eigenvalue weighted by molar-refractivity contribution is 6.30. The number of fused-ring (bicyclic) bond motifs is 1. The van der Waals surface area contributed by atoms with Gasteiger partial charge in [0.15, 0.2) is 5.65 Å². The summed E-state index contributed by atoms with van der Waals surface area (Å²) in [6, 6.07) is 16.9. The second-order valence-corrected chi connectivity index (χ2v) is 7.38. The minimum Gasteiger partial charge on any atom is -0.351 e. The summed E-state index contributed by atoms with van der Waals surface area (Å²) in [5, 5.41) is 8.12. The molecule has 0 aliphatic heterocycles. The van der Waals surface area contributed by atoms with Crippen LogP contribution in [0.1, 0.15) is 11.1 Å². The number of benzene rings is 2. The van der Waals surface area contributed by atoms with Crippen molar-refractivity contribution in [3.63, 3.8) is 0 Å². The summed E-state index contributed by atoms with van der Waals surface area (Å²) in [4.78, 5) is 29.2. The van der Waals surface area contributed by atoms with Gasteiger partial charge in [0, 0.05) is 17.6 Å².